The molecule has 0 aromatic heterocycles. The number of hydrogen-bond donors (Lipinski definition) is 1. The summed E-state index contributed by atoms with van der Waals surface area (Å²) in [4.78, 5) is 2.37. The molecule has 2 aliphatic rings. The first-order chi connectivity index (χ1) is 9.63. The maximum absolute atomic E-state index is 13.2. The number of benzene rings is 1. The second kappa shape index (κ2) is 5.34. The predicted octanol–water partition coefficient (Wildman–Crippen LogP) is 2.33. The molecule has 1 fully saturated rings. The Morgan fingerprint density at radius 2 is 2.15 bits per heavy atom. The SMILES string of the molecule is CN(CC1Cc2cc(F)ccc2O1)C1(CN)CCCC1. The number of nitrogens with two attached hydrogens (primary N) is 1. The van der Waals surface area contributed by atoms with Gasteiger partial charge in [-0.15, -0.1) is 0 Å². The van der Waals surface area contributed by atoms with Crippen molar-refractivity contribution in [2.75, 3.05) is 20.1 Å². The van der Waals surface area contributed by atoms with Gasteiger partial charge in [0.05, 0.1) is 0 Å². The standard InChI is InChI=1S/C16H23FN2O/c1-19(16(11-18)6-2-3-7-16)10-14-9-12-8-13(17)4-5-15(12)20-14/h4-5,8,14H,2-3,6-7,9-11,18H2,1H3. The van der Waals surface area contributed by atoms with Gasteiger partial charge in [-0.25, -0.2) is 4.39 Å². The van der Waals surface area contributed by atoms with Gasteiger partial charge in [0.2, 0.25) is 0 Å². The molecule has 1 atom stereocenters. The number of nitrogens with zero attached hydrogens (tertiary/aromatic N) is 1. The summed E-state index contributed by atoms with van der Waals surface area (Å²) in [7, 11) is 2.14. The highest BCUT2D eigenvalue weighted by Crippen LogP contribution is 2.35. The van der Waals surface area contributed by atoms with E-state index in [1.165, 1.54) is 31.7 Å². The number of fused-ring (bicyclic) bond motifs is 1. The molecule has 3 nitrogen and oxygen atoms in total. The minimum Gasteiger partial charge on any atom is -0.488 e. The number of hydrogen-bond acceptors (Lipinski definition) is 3. The summed E-state index contributed by atoms with van der Waals surface area (Å²) in [6.45, 7) is 1.56. The third-order valence-electron chi connectivity index (χ3n) is 4.97. The van der Waals surface area contributed by atoms with Crippen molar-refractivity contribution in [1.29, 1.82) is 0 Å². The summed E-state index contributed by atoms with van der Waals surface area (Å²) in [6, 6.07) is 4.78. The summed E-state index contributed by atoms with van der Waals surface area (Å²) in [5.41, 5.74) is 7.14. The van der Waals surface area contributed by atoms with E-state index >= 15 is 0 Å². The maximum Gasteiger partial charge on any atom is 0.123 e. The largest absolute Gasteiger partial charge is 0.488 e. The van der Waals surface area contributed by atoms with Gasteiger partial charge >= 0.3 is 0 Å². The summed E-state index contributed by atoms with van der Waals surface area (Å²) in [5.74, 6) is 0.647. The van der Waals surface area contributed by atoms with Crippen LogP contribution in [-0.2, 0) is 6.42 Å². The van der Waals surface area contributed by atoms with Crippen LogP contribution in [0.5, 0.6) is 5.75 Å². The van der Waals surface area contributed by atoms with E-state index in [0.717, 1.165) is 24.3 Å². The quantitative estimate of drug-likeness (QED) is 0.918. The third kappa shape index (κ3) is 2.42. The van der Waals surface area contributed by atoms with Crippen LogP contribution in [0.2, 0.25) is 0 Å². The molecule has 20 heavy (non-hydrogen) atoms. The molecule has 0 spiro atoms. The zero-order valence-electron chi connectivity index (χ0n) is 12.1. The maximum atomic E-state index is 13.2. The molecule has 2 N–H and O–H groups in total. The monoisotopic (exact) mass is 278 g/mol. The van der Waals surface area contributed by atoms with Crippen molar-refractivity contribution < 1.29 is 9.13 Å². The van der Waals surface area contributed by atoms with Crippen LogP contribution in [0.15, 0.2) is 18.2 Å². The average molecular weight is 278 g/mol. The zero-order chi connectivity index (χ0) is 14.2. The first-order valence-electron chi connectivity index (χ1n) is 7.49. The molecule has 0 amide bonds. The average Bonchev–Trinajstić information content (AvgIpc) is 3.04. The van der Waals surface area contributed by atoms with Gasteiger partial charge in [-0.05, 0) is 38.1 Å². The van der Waals surface area contributed by atoms with E-state index in [1.54, 1.807) is 12.1 Å². The molecule has 0 saturated heterocycles. The van der Waals surface area contributed by atoms with Crippen molar-refractivity contribution in [2.45, 2.75) is 43.7 Å². The van der Waals surface area contributed by atoms with E-state index in [1.807, 2.05) is 0 Å². The van der Waals surface area contributed by atoms with Crippen LogP contribution in [0.1, 0.15) is 31.2 Å². The van der Waals surface area contributed by atoms with Crippen LogP contribution in [0.3, 0.4) is 0 Å². The summed E-state index contributed by atoms with van der Waals surface area (Å²) < 4.78 is 19.2. The molecule has 3 rings (SSSR count). The Hall–Kier alpha value is -1.13. The smallest absolute Gasteiger partial charge is 0.123 e. The Bertz CT molecular complexity index is 485. The van der Waals surface area contributed by atoms with Crippen LogP contribution in [0, 0.1) is 5.82 Å². The summed E-state index contributed by atoms with van der Waals surface area (Å²) >= 11 is 0. The van der Waals surface area contributed by atoms with Crippen molar-refractivity contribution in [1.82, 2.24) is 4.90 Å². The summed E-state index contributed by atoms with van der Waals surface area (Å²) in [6.07, 6.45) is 5.78. The molecule has 1 saturated carbocycles. The predicted molar refractivity (Wildman–Crippen MR) is 77.4 cm³/mol. The number of likely N-dealkylation sites (N-methyl/N-ethyl adjacent to an activating group) is 1. The molecule has 1 heterocycles. The number of rotatable bonds is 4. The molecule has 1 aliphatic heterocycles. The Labute approximate surface area is 119 Å². The Morgan fingerprint density at radius 1 is 1.40 bits per heavy atom. The third-order valence-corrected chi connectivity index (χ3v) is 4.97. The molecule has 1 unspecified atom stereocenters. The Morgan fingerprint density at radius 3 is 2.85 bits per heavy atom. The van der Waals surface area contributed by atoms with Gasteiger partial charge in [-0.1, -0.05) is 12.8 Å². The lowest BCUT2D eigenvalue weighted by Gasteiger charge is -2.39. The fourth-order valence-electron chi connectivity index (χ4n) is 3.66. The molecular formula is C16H23FN2O. The van der Waals surface area contributed by atoms with E-state index in [4.69, 9.17) is 10.5 Å². The van der Waals surface area contributed by atoms with Crippen molar-refractivity contribution in [3.63, 3.8) is 0 Å². The van der Waals surface area contributed by atoms with E-state index < -0.39 is 0 Å². The molecule has 1 aromatic rings. The van der Waals surface area contributed by atoms with Gasteiger partial charge < -0.3 is 10.5 Å². The minimum atomic E-state index is -0.185. The van der Waals surface area contributed by atoms with E-state index in [2.05, 4.69) is 11.9 Å². The number of ether oxygens (including phenoxy) is 1. The molecule has 1 aromatic carbocycles. The minimum absolute atomic E-state index is 0.112. The summed E-state index contributed by atoms with van der Waals surface area (Å²) in [5, 5.41) is 0. The van der Waals surface area contributed by atoms with Crippen molar-refractivity contribution in [3.05, 3.63) is 29.6 Å². The highest BCUT2D eigenvalue weighted by Gasteiger charge is 2.38. The fourth-order valence-corrected chi connectivity index (χ4v) is 3.66. The second-order valence-electron chi connectivity index (χ2n) is 6.21. The second-order valence-corrected chi connectivity index (χ2v) is 6.21. The molecular weight excluding hydrogens is 255 g/mol. The highest BCUT2D eigenvalue weighted by atomic mass is 19.1. The van der Waals surface area contributed by atoms with Crippen LogP contribution < -0.4 is 10.5 Å². The van der Waals surface area contributed by atoms with Crippen LogP contribution in [0.4, 0.5) is 4.39 Å². The topological polar surface area (TPSA) is 38.5 Å². The van der Waals surface area contributed by atoms with Crippen molar-refractivity contribution >= 4 is 0 Å². The molecule has 0 bridgehead atoms. The zero-order valence-corrected chi connectivity index (χ0v) is 12.1. The first kappa shape index (κ1) is 13.8. The van der Waals surface area contributed by atoms with Gasteiger partial charge in [-0.2, -0.15) is 0 Å². The van der Waals surface area contributed by atoms with Crippen molar-refractivity contribution in [2.24, 2.45) is 5.73 Å². The normalized spacial score (nSPS) is 23.9. The van der Waals surface area contributed by atoms with Crippen molar-refractivity contribution in [3.8, 4) is 5.75 Å². The van der Waals surface area contributed by atoms with Crippen LogP contribution in [-0.4, -0.2) is 36.7 Å². The Kier molecular flexibility index (Phi) is 3.69. The van der Waals surface area contributed by atoms with Gasteiger partial charge in [0.15, 0.2) is 0 Å². The lowest BCUT2D eigenvalue weighted by molar-refractivity contribution is 0.0805. The lowest BCUT2D eigenvalue weighted by atomic mass is 9.95. The van der Waals surface area contributed by atoms with E-state index in [0.29, 0.717) is 6.54 Å². The van der Waals surface area contributed by atoms with E-state index in [-0.39, 0.29) is 17.5 Å². The van der Waals surface area contributed by atoms with E-state index in [9.17, 15) is 4.39 Å². The van der Waals surface area contributed by atoms with Gasteiger partial charge in [0.1, 0.15) is 17.7 Å². The van der Waals surface area contributed by atoms with Crippen LogP contribution in [0.25, 0.3) is 0 Å². The molecule has 110 valence electrons. The molecule has 0 radical (unpaired) electrons. The fraction of sp³-hybridized carbons (Fsp3) is 0.625. The lowest BCUT2D eigenvalue weighted by Crippen LogP contribution is -2.52. The highest BCUT2D eigenvalue weighted by molar-refractivity contribution is 5.38. The van der Waals surface area contributed by atoms with Gasteiger partial charge in [0.25, 0.3) is 0 Å². The van der Waals surface area contributed by atoms with Crippen LogP contribution >= 0.6 is 0 Å². The molecule has 4 heteroatoms. The molecule has 1 aliphatic carbocycles. The van der Waals surface area contributed by atoms with Gasteiger partial charge in [-0.3, -0.25) is 4.90 Å². The number of halogens is 1. The first-order valence-corrected chi connectivity index (χ1v) is 7.49. The van der Waals surface area contributed by atoms with Gasteiger partial charge in [0, 0.05) is 30.6 Å². The Balaban J connectivity index is 1.65.